The summed E-state index contributed by atoms with van der Waals surface area (Å²) in [6.07, 6.45) is 1.51. The minimum atomic E-state index is -1.34. The third-order valence-electron chi connectivity index (χ3n) is 3.59. The van der Waals surface area contributed by atoms with Gasteiger partial charge in [0.25, 0.3) is 0 Å². The van der Waals surface area contributed by atoms with E-state index in [9.17, 15) is 9.00 Å². The molecule has 0 bridgehead atoms. The van der Waals surface area contributed by atoms with Crippen LogP contribution in [0.4, 0.5) is 0 Å². The van der Waals surface area contributed by atoms with E-state index in [0.717, 1.165) is 11.1 Å². The lowest BCUT2D eigenvalue weighted by Crippen LogP contribution is -2.37. The van der Waals surface area contributed by atoms with Gasteiger partial charge in [-0.2, -0.15) is 0 Å². The van der Waals surface area contributed by atoms with Gasteiger partial charge in [-0.3, -0.25) is 9.00 Å². The highest BCUT2D eigenvalue weighted by atomic mass is 32.2. The van der Waals surface area contributed by atoms with Crippen molar-refractivity contribution < 1.29 is 13.4 Å². The number of hydrogen-bond acceptors (Lipinski definition) is 4. The smallest absolute Gasteiger partial charge is 0.235 e. The van der Waals surface area contributed by atoms with Crippen LogP contribution in [-0.4, -0.2) is 26.9 Å². The maximum Gasteiger partial charge on any atom is 0.235 e. The first kappa shape index (κ1) is 18.4. The van der Waals surface area contributed by atoms with E-state index in [0.29, 0.717) is 24.0 Å². The number of oxazole rings is 1. The summed E-state index contributed by atoms with van der Waals surface area (Å²) in [6, 6.07) is 7.84. The van der Waals surface area contributed by atoms with E-state index in [1.807, 2.05) is 45.0 Å². The summed E-state index contributed by atoms with van der Waals surface area (Å²) in [5, 5.41) is 2.23. The van der Waals surface area contributed by atoms with Crippen molar-refractivity contribution in [2.75, 3.05) is 6.54 Å². The van der Waals surface area contributed by atoms with Crippen LogP contribution in [-0.2, 0) is 21.3 Å². The van der Waals surface area contributed by atoms with Gasteiger partial charge in [0, 0.05) is 22.9 Å². The van der Waals surface area contributed by atoms with Crippen LogP contribution in [0.2, 0.25) is 0 Å². The van der Waals surface area contributed by atoms with Crippen LogP contribution >= 0.6 is 0 Å². The summed E-state index contributed by atoms with van der Waals surface area (Å²) in [5.41, 5.74) is 2.63. The van der Waals surface area contributed by atoms with Gasteiger partial charge >= 0.3 is 0 Å². The third-order valence-corrected chi connectivity index (χ3v) is 5.17. The Morgan fingerprint density at radius 3 is 2.54 bits per heavy atom. The average molecular weight is 348 g/mol. The maximum absolute atomic E-state index is 12.4. The molecule has 0 aliphatic rings. The van der Waals surface area contributed by atoms with Crippen LogP contribution in [0, 0.1) is 12.8 Å². The molecule has 1 N–H and O–H groups in total. The summed E-state index contributed by atoms with van der Waals surface area (Å²) in [5.74, 6) is 0.872. The van der Waals surface area contributed by atoms with Crippen molar-refractivity contribution in [2.45, 2.75) is 38.7 Å². The molecule has 0 unspecified atom stereocenters. The highest BCUT2D eigenvalue weighted by molar-refractivity contribution is 7.85. The molecular formula is C18H24N2O3S. The van der Waals surface area contributed by atoms with E-state index in [-0.39, 0.29) is 11.7 Å². The van der Waals surface area contributed by atoms with Gasteiger partial charge in [0.2, 0.25) is 11.8 Å². The van der Waals surface area contributed by atoms with E-state index < -0.39 is 16.0 Å². The fraction of sp³-hybridized carbons (Fsp3) is 0.444. The van der Waals surface area contributed by atoms with Crippen molar-refractivity contribution in [1.82, 2.24) is 10.3 Å². The Morgan fingerprint density at radius 1 is 1.25 bits per heavy atom. The Labute approximate surface area is 145 Å². The predicted octanol–water partition coefficient (Wildman–Crippen LogP) is 3.06. The highest BCUT2D eigenvalue weighted by Crippen LogP contribution is 2.20. The standard InChI is InChI=1S/C18H24N2O3S/c1-12(2)9-19-17(21)14(4)24(22)11-16-10-23-18(20-16)15-7-5-13(3)6-8-15/h5-8,10,12,14H,9,11H2,1-4H3,(H,19,21)/t14-,24+/m0/s1. The van der Waals surface area contributed by atoms with Crippen LogP contribution < -0.4 is 5.32 Å². The molecule has 0 saturated carbocycles. The first-order chi connectivity index (χ1) is 11.4. The number of nitrogens with zero attached hydrogens (tertiary/aromatic N) is 1. The van der Waals surface area contributed by atoms with Gasteiger partial charge in [0.1, 0.15) is 11.5 Å². The van der Waals surface area contributed by atoms with Crippen molar-refractivity contribution in [1.29, 1.82) is 0 Å². The van der Waals surface area contributed by atoms with E-state index in [4.69, 9.17) is 4.42 Å². The molecule has 0 saturated heterocycles. The van der Waals surface area contributed by atoms with Crippen LogP contribution in [0.15, 0.2) is 34.9 Å². The number of amides is 1. The molecule has 130 valence electrons. The second-order valence-corrected chi connectivity index (χ2v) is 8.07. The molecule has 1 aromatic heterocycles. The van der Waals surface area contributed by atoms with Crippen molar-refractivity contribution in [3.63, 3.8) is 0 Å². The minimum Gasteiger partial charge on any atom is -0.444 e. The predicted molar refractivity (Wildman–Crippen MR) is 95.8 cm³/mol. The topological polar surface area (TPSA) is 72.2 Å². The van der Waals surface area contributed by atoms with Gasteiger partial charge in [0.05, 0.1) is 11.4 Å². The van der Waals surface area contributed by atoms with Crippen LogP contribution in [0.5, 0.6) is 0 Å². The average Bonchev–Trinajstić information content (AvgIpc) is 3.00. The normalized spacial score (nSPS) is 13.7. The molecule has 0 fully saturated rings. The van der Waals surface area contributed by atoms with Gasteiger partial charge in [0.15, 0.2) is 0 Å². The lowest BCUT2D eigenvalue weighted by Gasteiger charge is -2.12. The number of rotatable bonds is 7. The molecule has 2 atom stereocenters. The first-order valence-corrected chi connectivity index (χ1v) is 9.41. The SMILES string of the molecule is Cc1ccc(-c2nc(C[S@@](=O)[C@@H](C)C(=O)NCC(C)C)co2)cc1. The quantitative estimate of drug-likeness (QED) is 0.835. The van der Waals surface area contributed by atoms with Crippen LogP contribution in [0.1, 0.15) is 32.0 Å². The van der Waals surface area contributed by atoms with E-state index in [2.05, 4.69) is 10.3 Å². The number of hydrogen-bond donors (Lipinski definition) is 1. The van der Waals surface area contributed by atoms with Crippen molar-refractivity contribution >= 4 is 16.7 Å². The zero-order chi connectivity index (χ0) is 17.7. The summed E-state index contributed by atoms with van der Waals surface area (Å²) >= 11 is 0. The molecule has 2 aromatic rings. The fourth-order valence-corrected chi connectivity index (χ4v) is 3.04. The Morgan fingerprint density at radius 2 is 1.92 bits per heavy atom. The Hall–Kier alpha value is -1.95. The van der Waals surface area contributed by atoms with Crippen molar-refractivity contribution in [3.05, 3.63) is 41.8 Å². The molecule has 5 nitrogen and oxygen atoms in total. The number of aryl methyl sites for hydroxylation is 1. The Kier molecular flexibility index (Phi) is 6.31. The Balaban J connectivity index is 1.97. The highest BCUT2D eigenvalue weighted by Gasteiger charge is 2.21. The summed E-state index contributed by atoms with van der Waals surface area (Å²) in [4.78, 5) is 16.4. The molecule has 0 aliphatic heterocycles. The van der Waals surface area contributed by atoms with Crippen LogP contribution in [0.3, 0.4) is 0 Å². The van der Waals surface area contributed by atoms with E-state index in [1.54, 1.807) is 6.92 Å². The van der Waals surface area contributed by atoms with Crippen LogP contribution in [0.25, 0.3) is 11.5 Å². The molecule has 0 spiro atoms. The van der Waals surface area contributed by atoms with Gasteiger partial charge in [-0.05, 0) is 31.9 Å². The lowest BCUT2D eigenvalue weighted by atomic mass is 10.1. The van der Waals surface area contributed by atoms with E-state index >= 15 is 0 Å². The molecule has 1 amide bonds. The van der Waals surface area contributed by atoms with Gasteiger partial charge in [-0.15, -0.1) is 0 Å². The van der Waals surface area contributed by atoms with Crippen molar-refractivity contribution in [2.24, 2.45) is 5.92 Å². The summed E-state index contributed by atoms with van der Waals surface area (Å²) in [6.45, 7) is 8.31. The number of carbonyl (C=O) groups excluding carboxylic acids is 1. The molecule has 0 radical (unpaired) electrons. The molecular weight excluding hydrogens is 324 g/mol. The zero-order valence-electron chi connectivity index (χ0n) is 14.5. The number of carbonyl (C=O) groups is 1. The van der Waals surface area contributed by atoms with Gasteiger partial charge < -0.3 is 9.73 Å². The fourth-order valence-electron chi connectivity index (χ4n) is 2.04. The molecule has 0 aliphatic carbocycles. The number of benzene rings is 1. The second-order valence-electron chi connectivity index (χ2n) is 6.32. The van der Waals surface area contributed by atoms with Gasteiger partial charge in [-0.1, -0.05) is 31.5 Å². The molecule has 1 heterocycles. The third kappa shape index (κ3) is 5.03. The number of nitrogens with one attached hydrogen (secondary N) is 1. The van der Waals surface area contributed by atoms with E-state index in [1.165, 1.54) is 6.26 Å². The number of aromatic nitrogens is 1. The monoisotopic (exact) mass is 348 g/mol. The van der Waals surface area contributed by atoms with Gasteiger partial charge in [-0.25, -0.2) is 4.98 Å². The summed E-state index contributed by atoms with van der Waals surface area (Å²) < 4.78 is 17.8. The maximum atomic E-state index is 12.4. The molecule has 6 heteroatoms. The second kappa shape index (κ2) is 8.24. The summed E-state index contributed by atoms with van der Waals surface area (Å²) in [7, 11) is -1.34. The lowest BCUT2D eigenvalue weighted by molar-refractivity contribution is -0.120. The Bertz CT molecular complexity index is 707. The molecule has 1 aromatic carbocycles. The zero-order valence-corrected chi connectivity index (χ0v) is 15.4. The molecule has 2 rings (SSSR count). The molecule has 24 heavy (non-hydrogen) atoms. The van der Waals surface area contributed by atoms with Crippen molar-refractivity contribution in [3.8, 4) is 11.5 Å². The minimum absolute atomic E-state index is 0.190. The first-order valence-electron chi connectivity index (χ1n) is 8.03. The largest absolute Gasteiger partial charge is 0.444 e.